The lowest BCUT2D eigenvalue weighted by atomic mass is 9.80. The molecule has 0 radical (unpaired) electrons. The average Bonchev–Trinajstić information content (AvgIpc) is 2.48. The molecular formula is C10H16BF3N-. The van der Waals surface area contributed by atoms with Crippen molar-refractivity contribution in [3.8, 4) is 0 Å². The van der Waals surface area contributed by atoms with Crippen LogP contribution in [0.5, 0.6) is 0 Å². The van der Waals surface area contributed by atoms with Crippen molar-refractivity contribution >= 4 is 6.98 Å². The van der Waals surface area contributed by atoms with Crippen LogP contribution in [0, 0.1) is 17.3 Å². The molecule has 86 valence electrons. The number of halogens is 3. The maximum absolute atomic E-state index is 12.3. The summed E-state index contributed by atoms with van der Waals surface area (Å²) < 4.78 is 36.9. The van der Waals surface area contributed by atoms with E-state index in [2.05, 4.69) is 20.4 Å². The maximum atomic E-state index is 12.3. The Hall–Kier alpha value is -0.445. The summed E-state index contributed by atoms with van der Waals surface area (Å²) in [5.74, 6) is 1.21. The fraction of sp³-hybridized carbons (Fsp3) is 0.800. The normalized spacial score (nSPS) is 33.9. The summed E-state index contributed by atoms with van der Waals surface area (Å²) in [7, 11) is 0. The Kier molecular flexibility index (Phi) is 2.23. The van der Waals surface area contributed by atoms with Crippen LogP contribution >= 0.6 is 0 Å². The van der Waals surface area contributed by atoms with E-state index in [1.165, 1.54) is 0 Å². The summed E-state index contributed by atoms with van der Waals surface area (Å²) in [5.41, 5.74) is -0.199. The molecule has 0 amide bonds. The molecule has 2 atom stereocenters. The van der Waals surface area contributed by atoms with Crippen molar-refractivity contribution < 1.29 is 12.9 Å². The van der Waals surface area contributed by atoms with Crippen LogP contribution in [0.25, 0.3) is 0 Å². The number of likely N-dealkylation sites (tertiary alicyclic amines) is 1. The van der Waals surface area contributed by atoms with Gasteiger partial charge in [-0.15, -0.1) is 12.1 Å². The molecule has 1 aliphatic heterocycles. The zero-order chi connectivity index (χ0) is 11.4. The lowest BCUT2D eigenvalue weighted by molar-refractivity contribution is 0.276. The highest BCUT2D eigenvalue weighted by Gasteiger charge is 2.61. The highest BCUT2D eigenvalue weighted by molar-refractivity contribution is 6.66. The molecule has 5 heteroatoms. The van der Waals surface area contributed by atoms with Gasteiger partial charge in [0.2, 0.25) is 0 Å². The van der Waals surface area contributed by atoms with Gasteiger partial charge < -0.3 is 17.8 Å². The molecule has 2 unspecified atom stereocenters. The quantitative estimate of drug-likeness (QED) is 0.658. The predicted octanol–water partition coefficient (Wildman–Crippen LogP) is 2.52. The summed E-state index contributed by atoms with van der Waals surface area (Å²) in [6, 6.07) is 0. The van der Waals surface area contributed by atoms with E-state index in [0.29, 0.717) is 17.3 Å². The standard InChI is InChI=1S/C10H16BF3N/c1-7(11(12,13)14)4-15-5-8-9(6-15)10(8,2)3/h8-9H,1,4-6H2,2-3H3/q-1. The zero-order valence-corrected chi connectivity index (χ0v) is 9.14. The van der Waals surface area contributed by atoms with Crippen LogP contribution in [0.15, 0.2) is 12.1 Å². The first kappa shape index (κ1) is 11.1. The van der Waals surface area contributed by atoms with Gasteiger partial charge in [0.1, 0.15) is 0 Å². The second-order valence-electron chi connectivity index (χ2n) is 5.46. The van der Waals surface area contributed by atoms with Gasteiger partial charge >= 0.3 is 6.98 Å². The second kappa shape index (κ2) is 3.03. The van der Waals surface area contributed by atoms with E-state index in [1.807, 2.05) is 4.90 Å². The van der Waals surface area contributed by atoms with E-state index in [-0.39, 0.29) is 6.54 Å². The Bertz CT molecular complexity index is 284. The van der Waals surface area contributed by atoms with Gasteiger partial charge in [-0.2, -0.15) is 0 Å². The van der Waals surface area contributed by atoms with E-state index in [1.54, 1.807) is 0 Å². The van der Waals surface area contributed by atoms with Gasteiger partial charge in [-0.25, -0.2) is 0 Å². The molecular weight excluding hydrogens is 202 g/mol. The molecule has 0 aromatic heterocycles. The van der Waals surface area contributed by atoms with E-state index in [9.17, 15) is 12.9 Å². The predicted molar refractivity (Wildman–Crippen MR) is 55.4 cm³/mol. The van der Waals surface area contributed by atoms with Gasteiger partial charge in [0.05, 0.1) is 0 Å². The van der Waals surface area contributed by atoms with Crippen molar-refractivity contribution in [2.45, 2.75) is 13.8 Å². The molecule has 2 aliphatic rings. The fourth-order valence-electron chi connectivity index (χ4n) is 2.73. The average molecular weight is 218 g/mol. The van der Waals surface area contributed by atoms with Gasteiger partial charge in [-0.3, -0.25) is 0 Å². The van der Waals surface area contributed by atoms with Crippen molar-refractivity contribution in [2.75, 3.05) is 19.6 Å². The van der Waals surface area contributed by atoms with Crippen molar-refractivity contribution in [3.63, 3.8) is 0 Å². The third-order valence-corrected chi connectivity index (χ3v) is 4.09. The second-order valence-corrected chi connectivity index (χ2v) is 5.46. The third-order valence-electron chi connectivity index (χ3n) is 4.09. The van der Waals surface area contributed by atoms with Gasteiger partial charge in [-0.05, 0) is 23.8 Å². The molecule has 2 fully saturated rings. The number of hydrogen-bond acceptors (Lipinski definition) is 1. The highest BCUT2D eigenvalue weighted by atomic mass is 19.4. The molecule has 0 spiro atoms. The minimum atomic E-state index is -4.85. The third kappa shape index (κ3) is 1.82. The van der Waals surface area contributed by atoms with Gasteiger partial charge in [0.15, 0.2) is 0 Å². The molecule has 1 saturated carbocycles. The number of hydrogen-bond donors (Lipinski definition) is 0. The van der Waals surface area contributed by atoms with E-state index in [0.717, 1.165) is 13.1 Å². The minimum Gasteiger partial charge on any atom is -0.445 e. The van der Waals surface area contributed by atoms with Crippen LogP contribution in [0.3, 0.4) is 0 Å². The molecule has 0 aromatic rings. The molecule has 1 heterocycles. The van der Waals surface area contributed by atoms with Crippen molar-refractivity contribution in [1.82, 2.24) is 4.90 Å². The zero-order valence-electron chi connectivity index (χ0n) is 9.14. The Morgan fingerprint density at radius 2 is 1.80 bits per heavy atom. The van der Waals surface area contributed by atoms with Crippen LogP contribution in [-0.2, 0) is 0 Å². The van der Waals surface area contributed by atoms with Crippen molar-refractivity contribution in [1.29, 1.82) is 0 Å². The largest absolute Gasteiger partial charge is 0.506 e. The number of rotatable bonds is 3. The number of fused-ring (bicyclic) bond motifs is 1. The van der Waals surface area contributed by atoms with Crippen LogP contribution in [0.4, 0.5) is 12.9 Å². The van der Waals surface area contributed by atoms with Crippen LogP contribution in [0.2, 0.25) is 0 Å². The first-order valence-electron chi connectivity index (χ1n) is 5.33. The molecule has 1 aliphatic carbocycles. The minimum absolute atomic E-state index is 0.00653. The first-order valence-corrected chi connectivity index (χ1v) is 5.33. The smallest absolute Gasteiger partial charge is 0.445 e. The summed E-state index contributed by atoms with van der Waals surface area (Å²) in [6.45, 7) is 4.29. The van der Waals surface area contributed by atoms with Crippen molar-refractivity contribution in [3.05, 3.63) is 12.1 Å². The molecule has 0 aromatic carbocycles. The monoisotopic (exact) mass is 218 g/mol. The molecule has 0 N–H and O–H groups in total. The van der Waals surface area contributed by atoms with Crippen LogP contribution in [-0.4, -0.2) is 31.5 Å². The lowest BCUT2D eigenvalue weighted by Crippen LogP contribution is -2.33. The Morgan fingerprint density at radius 1 is 1.33 bits per heavy atom. The number of piperidine rings is 1. The van der Waals surface area contributed by atoms with E-state index in [4.69, 9.17) is 0 Å². The Labute approximate surface area is 88.4 Å². The topological polar surface area (TPSA) is 3.24 Å². The van der Waals surface area contributed by atoms with Crippen LogP contribution < -0.4 is 0 Å². The van der Waals surface area contributed by atoms with Crippen molar-refractivity contribution in [2.24, 2.45) is 17.3 Å². The molecule has 1 saturated heterocycles. The molecule has 1 nitrogen and oxygen atoms in total. The summed E-state index contributed by atoms with van der Waals surface area (Å²) in [4.78, 5) is 1.89. The fourth-order valence-corrected chi connectivity index (χ4v) is 2.73. The first-order chi connectivity index (χ1) is 6.73. The Morgan fingerprint density at radius 3 is 2.20 bits per heavy atom. The molecule has 2 rings (SSSR count). The highest BCUT2D eigenvalue weighted by Crippen LogP contribution is 2.61. The number of nitrogens with zero attached hydrogens (tertiary/aromatic N) is 1. The van der Waals surface area contributed by atoms with Gasteiger partial charge in [-0.1, -0.05) is 13.8 Å². The van der Waals surface area contributed by atoms with E-state index < -0.39 is 12.4 Å². The summed E-state index contributed by atoms with van der Waals surface area (Å²) >= 11 is 0. The van der Waals surface area contributed by atoms with E-state index >= 15 is 0 Å². The lowest BCUT2D eigenvalue weighted by Gasteiger charge is -2.26. The SMILES string of the molecule is C=C(CN1CC2C(C1)C2(C)C)[B-](F)(F)F. The van der Waals surface area contributed by atoms with Crippen LogP contribution in [0.1, 0.15) is 13.8 Å². The maximum Gasteiger partial charge on any atom is 0.506 e. The Balaban J connectivity index is 1.84. The summed E-state index contributed by atoms with van der Waals surface area (Å²) in [5, 5.41) is 0. The molecule has 15 heavy (non-hydrogen) atoms. The van der Waals surface area contributed by atoms with Gasteiger partial charge in [0, 0.05) is 13.1 Å². The molecule has 0 bridgehead atoms. The van der Waals surface area contributed by atoms with Gasteiger partial charge in [0.25, 0.3) is 0 Å². The summed E-state index contributed by atoms with van der Waals surface area (Å²) in [6.07, 6.45) is 0.